The van der Waals surface area contributed by atoms with Crippen molar-refractivity contribution in [2.45, 2.75) is 52.4 Å². The Bertz CT molecular complexity index is 489. The molecule has 0 radical (unpaired) electrons. The number of halogens is 1. The first kappa shape index (κ1) is 15.3. The molecule has 1 heterocycles. The third kappa shape index (κ3) is 2.84. The van der Waals surface area contributed by atoms with Crippen LogP contribution in [0.3, 0.4) is 0 Å². The van der Waals surface area contributed by atoms with Gasteiger partial charge in [-0.2, -0.15) is 0 Å². The van der Waals surface area contributed by atoms with Gasteiger partial charge >= 0.3 is 0 Å². The number of nitrogens with zero attached hydrogens (tertiary/aromatic N) is 1. The van der Waals surface area contributed by atoms with Crippen molar-refractivity contribution >= 4 is 17.5 Å². The maximum Gasteiger partial charge on any atom is 0.241 e. The standard InChI is InChI=1S/C16H23ClN2O/c1-5-14-16(20)19(11(4)10(2)3)15(18-14)12-7-6-8-13(17)9-12/h6-11,14-15,18H,5H2,1-4H3. The van der Waals surface area contributed by atoms with Crippen LogP contribution in [0.4, 0.5) is 0 Å². The molecule has 0 aromatic heterocycles. The Morgan fingerprint density at radius 2 is 2.05 bits per heavy atom. The summed E-state index contributed by atoms with van der Waals surface area (Å²) >= 11 is 6.09. The van der Waals surface area contributed by atoms with Crippen LogP contribution < -0.4 is 5.32 Å². The molecule has 4 heteroatoms. The van der Waals surface area contributed by atoms with Crippen LogP contribution in [-0.2, 0) is 4.79 Å². The summed E-state index contributed by atoms with van der Waals surface area (Å²) in [6.45, 7) is 8.44. The molecule has 3 atom stereocenters. The van der Waals surface area contributed by atoms with E-state index in [4.69, 9.17) is 11.6 Å². The zero-order valence-electron chi connectivity index (χ0n) is 12.6. The Morgan fingerprint density at radius 3 is 2.60 bits per heavy atom. The lowest BCUT2D eigenvalue weighted by molar-refractivity contribution is -0.133. The molecule has 0 saturated carbocycles. The third-order valence-corrected chi connectivity index (χ3v) is 4.40. The van der Waals surface area contributed by atoms with Crippen molar-refractivity contribution in [3.63, 3.8) is 0 Å². The second kappa shape index (κ2) is 6.15. The lowest BCUT2D eigenvalue weighted by Gasteiger charge is -2.33. The quantitative estimate of drug-likeness (QED) is 0.920. The predicted octanol–water partition coefficient (Wildman–Crippen LogP) is 3.59. The van der Waals surface area contributed by atoms with Crippen molar-refractivity contribution in [3.8, 4) is 0 Å². The van der Waals surface area contributed by atoms with Crippen LogP contribution in [0.2, 0.25) is 5.02 Å². The van der Waals surface area contributed by atoms with Crippen molar-refractivity contribution in [1.82, 2.24) is 10.2 Å². The van der Waals surface area contributed by atoms with Crippen molar-refractivity contribution < 1.29 is 4.79 Å². The summed E-state index contributed by atoms with van der Waals surface area (Å²) in [4.78, 5) is 14.6. The Morgan fingerprint density at radius 1 is 1.35 bits per heavy atom. The summed E-state index contributed by atoms with van der Waals surface area (Å²) in [5, 5.41) is 4.14. The molecule has 110 valence electrons. The average molecular weight is 295 g/mol. The Labute approximate surface area is 126 Å². The molecule has 3 nitrogen and oxygen atoms in total. The summed E-state index contributed by atoms with van der Waals surface area (Å²) in [7, 11) is 0. The smallest absolute Gasteiger partial charge is 0.241 e. The predicted molar refractivity (Wildman–Crippen MR) is 82.6 cm³/mol. The highest BCUT2D eigenvalue weighted by molar-refractivity contribution is 6.30. The van der Waals surface area contributed by atoms with Crippen LogP contribution in [0.5, 0.6) is 0 Å². The van der Waals surface area contributed by atoms with Crippen molar-refractivity contribution in [1.29, 1.82) is 0 Å². The molecule has 1 aromatic rings. The number of carbonyl (C=O) groups is 1. The molecule has 0 aliphatic carbocycles. The van der Waals surface area contributed by atoms with Crippen LogP contribution >= 0.6 is 11.6 Å². The van der Waals surface area contributed by atoms with E-state index in [1.165, 1.54) is 0 Å². The van der Waals surface area contributed by atoms with Crippen LogP contribution in [0, 0.1) is 5.92 Å². The molecule has 0 spiro atoms. The van der Waals surface area contributed by atoms with Gasteiger partial charge in [0.1, 0.15) is 6.17 Å². The van der Waals surface area contributed by atoms with Gasteiger partial charge < -0.3 is 4.90 Å². The van der Waals surface area contributed by atoms with E-state index in [-0.39, 0.29) is 24.2 Å². The fourth-order valence-corrected chi connectivity index (χ4v) is 2.83. The largest absolute Gasteiger partial charge is 0.319 e. The molecular formula is C16H23ClN2O. The maximum atomic E-state index is 12.6. The van der Waals surface area contributed by atoms with Gasteiger partial charge in [-0.05, 0) is 37.0 Å². The summed E-state index contributed by atoms with van der Waals surface area (Å²) in [6.07, 6.45) is 0.723. The number of rotatable bonds is 4. The minimum Gasteiger partial charge on any atom is -0.319 e. The van der Waals surface area contributed by atoms with E-state index in [1.807, 2.05) is 36.1 Å². The first-order chi connectivity index (χ1) is 9.45. The molecule has 1 aliphatic rings. The van der Waals surface area contributed by atoms with E-state index in [1.54, 1.807) is 0 Å². The Balaban J connectivity index is 2.36. The van der Waals surface area contributed by atoms with Gasteiger partial charge in [-0.3, -0.25) is 10.1 Å². The molecule has 1 aliphatic heterocycles. The van der Waals surface area contributed by atoms with E-state index >= 15 is 0 Å². The van der Waals surface area contributed by atoms with Gasteiger partial charge in [-0.15, -0.1) is 0 Å². The second-order valence-corrected chi connectivity index (χ2v) is 6.25. The fourth-order valence-electron chi connectivity index (χ4n) is 2.63. The Hall–Kier alpha value is -1.06. The second-order valence-electron chi connectivity index (χ2n) is 5.82. The monoisotopic (exact) mass is 294 g/mol. The molecular weight excluding hydrogens is 272 g/mol. The normalized spacial score (nSPS) is 24.5. The van der Waals surface area contributed by atoms with Gasteiger partial charge in [-0.25, -0.2) is 0 Å². The lowest BCUT2D eigenvalue weighted by Crippen LogP contribution is -2.41. The topological polar surface area (TPSA) is 32.3 Å². The number of amides is 1. The summed E-state index contributed by atoms with van der Waals surface area (Å²) in [5.41, 5.74) is 1.05. The van der Waals surface area contributed by atoms with Crippen LogP contribution in [-0.4, -0.2) is 22.9 Å². The number of benzene rings is 1. The minimum atomic E-state index is -0.0971. The number of nitrogens with one attached hydrogen (secondary N) is 1. The van der Waals surface area contributed by atoms with Crippen LogP contribution in [0.15, 0.2) is 24.3 Å². The lowest BCUT2D eigenvalue weighted by atomic mass is 10.0. The van der Waals surface area contributed by atoms with Crippen molar-refractivity contribution in [3.05, 3.63) is 34.9 Å². The summed E-state index contributed by atoms with van der Waals surface area (Å²) in [5.74, 6) is 0.608. The molecule has 1 aromatic carbocycles. The van der Waals surface area contributed by atoms with Gasteiger partial charge in [0.2, 0.25) is 5.91 Å². The SMILES string of the molecule is CCC1NC(c2cccc(Cl)c2)N(C(C)C(C)C)C1=O. The molecule has 2 rings (SSSR count). The van der Waals surface area contributed by atoms with E-state index in [9.17, 15) is 4.79 Å². The molecule has 1 amide bonds. The first-order valence-corrected chi connectivity index (χ1v) is 7.67. The number of carbonyl (C=O) groups excluding carboxylic acids is 1. The van der Waals surface area contributed by atoms with Gasteiger partial charge in [-0.1, -0.05) is 44.5 Å². The van der Waals surface area contributed by atoms with Gasteiger partial charge in [0.15, 0.2) is 0 Å². The molecule has 3 unspecified atom stereocenters. The van der Waals surface area contributed by atoms with E-state index in [0.717, 1.165) is 12.0 Å². The Kier molecular flexibility index (Phi) is 4.71. The van der Waals surface area contributed by atoms with Crippen LogP contribution in [0.1, 0.15) is 45.8 Å². The number of hydrogen-bond acceptors (Lipinski definition) is 2. The first-order valence-electron chi connectivity index (χ1n) is 7.29. The average Bonchev–Trinajstić information content (AvgIpc) is 2.74. The van der Waals surface area contributed by atoms with Crippen molar-refractivity contribution in [2.24, 2.45) is 5.92 Å². The molecule has 1 saturated heterocycles. The zero-order valence-corrected chi connectivity index (χ0v) is 13.3. The molecule has 1 fully saturated rings. The summed E-state index contributed by atoms with van der Waals surface area (Å²) in [6, 6.07) is 7.84. The van der Waals surface area contributed by atoms with Crippen LogP contribution in [0.25, 0.3) is 0 Å². The van der Waals surface area contributed by atoms with Gasteiger partial charge in [0, 0.05) is 11.1 Å². The van der Waals surface area contributed by atoms with E-state index < -0.39 is 0 Å². The van der Waals surface area contributed by atoms with Gasteiger partial charge in [0.05, 0.1) is 6.04 Å². The number of hydrogen-bond donors (Lipinski definition) is 1. The fraction of sp³-hybridized carbons (Fsp3) is 0.562. The molecule has 0 bridgehead atoms. The third-order valence-electron chi connectivity index (χ3n) is 4.17. The zero-order chi connectivity index (χ0) is 14.9. The van der Waals surface area contributed by atoms with Crippen molar-refractivity contribution in [2.75, 3.05) is 0 Å². The van der Waals surface area contributed by atoms with E-state index in [0.29, 0.717) is 10.9 Å². The van der Waals surface area contributed by atoms with E-state index in [2.05, 4.69) is 26.1 Å². The highest BCUT2D eigenvalue weighted by Gasteiger charge is 2.41. The molecule has 1 N–H and O–H groups in total. The van der Waals surface area contributed by atoms with Gasteiger partial charge in [0.25, 0.3) is 0 Å². The minimum absolute atomic E-state index is 0.0800. The highest BCUT2D eigenvalue weighted by atomic mass is 35.5. The maximum absolute atomic E-state index is 12.6. The summed E-state index contributed by atoms with van der Waals surface area (Å²) < 4.78 is 0. The highest BCUT2D eigenvalue weighted by Crippen LogP contribution is 2.31. The molecule has 20 heavy (non-hydrogen) atoms.